The second-order valence-electron chi connectivity index (χ2n) is 8.25. The molecular formula is C24H26N4O. The van der Waals surface area contributed by atoms with Crippen LogP contribution in [0.1, 0.15) is 23.1 Å². The third-order valence-electron chi connectivity index (χ3n) is 6.46. The molecule has 5 rings (SSSR count). The fourth-order valence-corrected chi connectivity index (χ4v) is 4.76. The number of nitrogens with one attached hydrogen (secondary N) is 1. The highest BCUT2D eigenvalue weighted by molar-refractivity contribution is 5.96. The van der Waals surface area contributed by atoms with E-state index >= 15 is 0 Å². The molecule has 1 aromatic heterocycles. The first kappa shape index (κ1) is 18.1. The van der Waals surface area contributed by atoms with Crippen molar-refractivity contribution in [3.05, 3.63) is 65.9 Å². The van der Waals surface area contributed by atoms with Gasteiger partial charge in [-0.2, -0.15) is 5.10 Å². The highest BCUT2D eigenvalue weighted by atomic mass is 16.2. The molecule has 2 aliphatic rings. The molecule has 2 aromatic carbocycles. The van der Waals surface area contributed by atoms with Gasteiger partial charge in [-0.25, -0.2) is 0 Å². The highest BCUT2D eigenvalue weighted by Gasteiger charge is 2.34. The van der Waals surface area contributed by atoms with Gasteiger partial charge in [0.15, 0.2) is 0 Å². The number of likely N-dealkylation sites (tertiary alicyclic amines) is 1. The highest BCUT2D eigenvalue weighted by Crippen LogP contribution is 2.34. The van der Waals surface area contributed by atoms with Crippen molar-refractivity contribution < 1.29 is 4.79 Å². The van der Waals surface area contributed by atoms with Gasteiger partial charge in [-0.1, -0.05) is 30.8 Å². The molecule has 148 valence electrons. The topological polar surface area (TPSA) is 52.2 Å². The summed E-state index contributed by atoms with van der Waals surface area (Å²) in [5, 5.41) is 8.50. The average Bonchev–Trinajstić information content (AvgIpc) is 3.06. The number of benzene rings is 2. The molecule has 0 unspecified atom stereocenters. The van der Waals surface area contributed by atoms with Crippen LogP contribution in [0.5, 0.6) is 0 Å². The van der Waals surface area contributed by atoms with Crippen LogP contribution in [0.25, 0.3) is 22.0 Å². The molecule has 1 fully saturated rings. The Bertz CT molecular complexity index is 1090. The van der Waals surface area contributed by atoms with Gasteiger partial charge in [0.2, 0.25) is 5.91 Å². The summed E-state index contributed by atoms with van der Waals surface area (Å²) in [7, 11) is 0. The van der Waals surface area contributed by atoms with Gasteiger partial charge in [0.1, 0.15) is 0 Å². The van der Waals surface area contributed by atoms with Crippen LogP contribution in [-0.2, 0) is 17.8 Å². The van der Waals surface area contributed by atoms with E-state index in [1.54, 1.807) is 0 Å². The summed E-state index contributed by atoms with van der Waals surface area (Å²) in [6, 6.07) is 11.7. The Kier molecular flexibility index (Phi) is 4.47. The summed E-state index contributed by atoms with van der Waals surface area (Å²) in [6.45, 7) is 9.45. The lowest BCUT2D eigenvalue weighted by Crippen LogP contribution is -2.60. The minimum absolute atomic E-state index is 0.0462. The van der Waals surface area contributed by atoms with Crippen LogP contribution in [0, 0.1) is 6.92 Å². The predicted octanol–water partition coefficient (Wildman–Crippen LogP) is 3.68. The third kappa shape index (κ3) is 3.15. The number of hydrogen-bond donors (Lipinski definition) is 1. The maximum atomic E-state index is 11.7. The third-order valence-corrected chi connectivity index (χ3v) is 6.46. The molecule has 29 heavy (non-hydrogen) atoms. The Morgan fingerprint density at radius 1 is 1.24 bits per heavy atom. The molecule has 5 heteroatoms. The Morgan fingerprint density at radius 2 is 2.10 bits per heavy atom. The molecule has 5 nitrogen and oxygen atoms in total. The number of nitrogens with zero attached hydrogens (tertiary/aromatic N) is 3. The van der Waals surface area contributed by atoms with Gasteiger partial charge in [-0.05, 0) is 66.3 Å². The molecule has 0 spiro atoms. The van der Waals surface area contributed by atoms with E-state index in [1.807, 2.05) is 11.1 Å². The Labute approximate surface area is 171 Å². The standard InChI is InChI=1S/C24H26N4O/c1-3-23(29)28-14-20(15-28)27-10-4-5-17-11-18(7-8-19(17)13-27)24-16(2)6-9-22-21(24)12-25-26-22/h3,6-9,11-12,20H,1,4-5,10,13-15H2,2H3,(H,25,26). The second-order valence-corrected chi connectivity index (χ2v) is 8.25. The van der Waals surface area contributed by atoms with Crippen LogP contribution in [0.4, 0.5) is 0 Å². The first-order valence-electron chi connectivity index (χ1n) is 10.3. The lowest BCUT2D eigenvalue weighted by atomic mass is 9.93. The van der Waals surface area contributed by atoms with Crippen molar-refractivity contribution in [2.24, 2.45) is 0 Å². The van der Waals surface area contributed by atoms with E-state index < -0.39 is 0 Å². The predicted molar refractivity (Wildman–Crippen MR) is 116 cm³/mol. The van der Waals surface area contributed by atoms with Crippen molar-refractivity contribution in [3.8, 4) is 11.1 Å². The number of carbonyl (C=O) groups excluding carboxylic acids is 1. The van der Waals surface area contributed by atoms with Gasteiger partial charge < -0.3 is 4.90 Å². The van der Waals surface area contributed by atoms with Crippen LogP contribution < -0.4 is 0 Å². The number of hydrogen-bond acceptors (Lipinski definition) is 3. The second kappa shape index (κ2) is 7.16. The fourth-order valence-electron chi connectivity index (χ4n) is 4.76. The normalized spacial score (nSPS) is 17.6. The van der Waals surface area contributed by atoms with Gasteiger partial charge in [-0.15, -0.1) is 0 Å². The molecular weight excluding hydrogens is 360 g/mol. The zero-order valence-corrected chi connectivity index (χ0v) is 16.8. The van der Waals surface area contributed by atoms with Crippen LogP contribution in [-0.4, -0.2) is 51.6 Å². The molecule has 0 aliphatic carbocycles. The van der Waals surface area contributed by atoms with E-state index in [9.17, 15) is 4.79 Å². The summed E-state index contributed by atoms with van der Waals surface area (Å²) in [6.07, 6.45) is 5.59. The fraction of sp³-hybridized carbons (Fsp3) is 0.333. The molecule has 1 amide bonds. The van der Waals surface area contributed by atoms with E-state index in [1.165, 1.54) is 39.3 Å². The molecule has 3 heterocycles. The summed E-state index contributed by atoms with van der Waals surface area (Å²) >= 11 is 0. The number of aromatic amines is 1. The minimum Gasteiger partial charge on any atom is -0.336 e. The van der Waals surface area contributed by atoms with Crippen molar-refractivity contribution in [1.29, 1.82) is 0 Å². The maximum absolute atomic E-state index is 11.7. The molecule has 0 saturated carbocycles. The SMILES string of the molecule is C=CC(=O)N1CC(N2CCCc3cc(-c4c(C)ccc5[nH]ncc45)ccc3C2)C1. The van der Waals surface area contributed by atoms with Crippen molar-refractivity contribution in [2.75, 3.05) is 19.6 Å². The zero-order chi connectivity index (χ0) is 20.0. The smallest absolute Gasteiger partial charge is 0.246 e. The number of carbonyl (C=O) groups is 1. The van der Waals surface area contributed by atoms with Crippen LogP contribution in [0.2, 0.25) is 0 Å². The molecule has 0 radical (unpaired) electrons. The Hall–Kier alpha value is -2.92. The lowest BCUT2D eigenvalue weighted by Gasteiger charge is -2.44. The van der Waals surface area contributed by atoms with Crippen molar-refractivity contribution in [3.63, 3.8) is 0 Å². The quantitative estimate of drug-likeness (QED) is 0.699. The Balaban J connectivity index is 1.41. The van der Waals surface area contributed by atoms with E-state index in [0.717, 1.165) is 44.5 Å². The average molecular weight is 386 g/mol. The van der Waals surface area contributed by atoms with Crippen molar-refractivity contribution in [1.82, 2.24) is 20.0 Å². The van der Waals surface area contributed by atoms with Crippen LogP contribution >= 0.6 is 0 Å². The van der Waals surface area contributed by atoms with Gasteiger partial charge in [0, 0.05) is 31.1 Å². The monoisotopic (exact) mass is 386 g/mol. The number of aryl methyl sites for hydroxylation is 2. The first-order chi connectivity index (χ1) is 14.1. The summed E-state index contributed by atoms with van der Waals surface area (Å²) in [5.41, 5.74) is 7.76. The molecule has 2 aliphatic heterocycles. The molecule has 0 bridgehead atoms. The largest absolute Gasteiger partial charge is 0.336 e. The Morgan fingerprint density at radius 3 is 2.93 bits per heavy atom. The van der Waals surface area contributed by atoms with E-state index in [0.29, 0.717) is 6.04 Å². The number of rotatable bonds is 3. The lowest BCUT2D eigenvalue weighted by molar-refractivity contribution is -0.133. The summed E-state index contributed by atoms with van der Waals surface area (Å²) < 4.78 is 0. The van der Waals surface area contributed by atoms with Gasteiger partial charge >= 0.3 is 0 Å². The molecule has 0 atom stereocenters. The molecule has 3 aromatic rings. The van der Waals surface area contributed by atoms with E-state index in [4.69, 9.17) is 0 Å². The number of H-pyrrole nitrogens is 1. The molecule has 1 N–H and O–H groups in total. The summed E-state index contributed by atoms with van der Waals surface area (Å²) in [5.74, 6) is 0.0462. The molecule has 1 saturated heterocycles. The zero-order valence-electron chi connectivity index (χ0n) is 16.8. The van der Waals surface area contributed by atoms with Gasteiger partial charge in [-0.3, -0.25) is 14.8 Å². The number of fused-ring (bicyclic) bond motifs is 2. The van der Waals surface area contributed by atoms with Gasteiger partial charge in [0.25, 0.3) is 0 Å². The van der Waals surface area contributed by atoms with Crippen LogP contribution in [0.3, 0.4) is 0 Å². The van der Waals surface area contributed by atoms with Crippen molar-refractivity contribution in [2.45, 2.75) is 32.4 Å². The first-order valence-corrected chi connectivity index (χ1v) is 10.3. The van der Waals surface area contributed by atoms with E-state index in [-0.39, 0.29) is 5.91 Å². The minimum atomic E-state index is 0.0462. The van der Waals surface area contributed by atoms with E-state index in [2.05, 4.69) is 58.9 Å². The number of aromatic nitrogens is 2. The number of amides is 1. The van der Waals surface area contributed by atoms with Gasteiger partial charge in [0.05, 0.1) is 11.7 Å². The van der Waals surface area contributed by atoms with Crippen molar-refractivity contribution >= 4 is 16.8 Å². The summed E-state index contributed by atoms with van der Waals surface area (Å²) in [4.78, 5) is 16.2. The van der Waals surface area contributed by atoms with Crippen LogP contribution in [0.15, 0.2) is 49.2 Å². The maximum Gasteiger partial charge on any atom is 0.246 e.